The van der Waals surface area contributed by atoms with E-state index in [4.69, 9.17) is 0 Å². The van der Waals surface area contributed by atoms with Crippen molar-refractivity contribution < 1.29 is 14.0 Å². The van der Waals surface area contributed by atoms with Crippen molar-refractivity contribution in [3.8, 4) is 0 Å². The van der Waals surface area contributed by atoms with Gasteiger partial charge in [-0.25, -0.2) is 4.39 Å². The minimum absolute atomic E-state index is 0.0853. The van der Waals surface area contributed by atoms with E-state index in [2.05, 4.69) is 10.3 Å². The SMILES string of the molecule is Cc1cc(F)cc2c(=O)c(C(=O)N3CCNC(=O)[C@H]3C(C)C)c[nH]c12. The molecule has 2 amide bonds. The molecule has 1 aromatic carbocycles. The summed E-state index contributed by atoms with van der Waals surface area (Å²) in [5.41, 5.74) is 0.468. The Kier molecular flexibility index (Phi) is 4.32. The molecule has 6 nitrogen and oxygen atoms in total. The predicted octanol–water partition coefficient (Wildman–Crippen LogP) is 1.57. The Hall–Kier alpha value is -2.70. The second kappa shape index (κ2) is 6.31. The van der Waals surface area contributed by atoms with Crippen LogP contribution in [0, 0.1) is 18.7 Å². The molecule has 1 aliphatic heterocycles. The summed E-state index contributed by atoms with van der Waals surface area (Å²) in [6.45, 7) is 6.05. The van der Waals surface area contributed by atoms with Crippen LogP contribution in [-0.4, -0.2) is 40.8 Å². The average molecular weight is 345 g/mol. The first-order chi connectivity index (χ1) is 11.8. The number of hydrogen-bond donors (Lipinski definition) is 2. The Morgan fingerprint density at radius 3 is 2.72 bits per heavy atom. The number of nitrogens with one attached hydrogen (secondary N) is 2. The maximum atomic E-state index is 13.7. The summed E-state index contributed by atoms with van der Waals surface area (Å²) in [5.74, 6) is -1.37. The molecule has 0 aliphatic carbocycles. The number of H-pyrrole nitrogens is 1. The third-order valence-corrected chi connectivity index (χ3v) is 4.53. The van der Waals surface area contributed by atoms with Crippen molar-refractivity contribution in [2.75, 3.05) is 13.1 Å². The van der Waals surface area contributed by atoms with E-state index >= 15 is 0 Å². The highest BCUT2D eigenvalue weighted by molar-refractivity contribution is 6.00. The van der Waals surface area contributed by atoms with Crippen LogP contribution in [0.4, 0.5) is 4.39 Å². The molecular weight excluding hydrogens is 325 g/mol. The normalized spacial score (nSPS) is 17.9. The molecule has 25 heavy (non-hydrogen) atoms. The fourth-order valence-corrected chi connectivity index (χ4v) is 3.36. The maximum absolute atomic E-state index is 13.7. The Labute approximate surface area is 144 Å². The molecule has 3 rings (SSSR count). The highest BCUT2D eigenvalue weighted by Crippen LogP contribution is 2.19. The molecular formula is C18H20FN3O3. The lowest BCUT2D eigenvalue weighted by atomic mass is 9.98. The number of aryl methyl sites for hydroxylation is 1. The summed E-state index contributed by atoms with van der Waals surface area (Å²) in [6, 6.07) is 1.82. The Balaban J connectivity index is 2.09. The first-order valence-corrected chi connectivity index (χ1v) is 8.21. The number of aromatic nitrogens is 1. The molecule has 2 N–H and O–H groups in total. The highest BCUT2D eigenvalue weighted by atomic mass is 19.1. The van der Waals surface area contributed by atoms with Gasteiger partial charge in [0, 0.05) is 24.7 Å². The van der Waals surface area contributed by atoms with Gasteiger partial charge in [-0.05, 0) is 30.5 Å². The summed E-state index contributed by atoms with van der Waals surface area (Å²) in [6.07, 6.45) is 1.35. The first kappa shape index (κ1) is 17.1. The minimum atomic E-state index is -0.634. The Morgan fingerprint density at radius 2 is 2.04 bits per heavy atom. The van der Waals surface area contributed by atoms with Crippen LogP contribution in [0.5, 0.6) is 0 Å². The molecule has 1 saturated heterocycles. The quantitative estimate of drug-likeness (QED) is 0.867. The molecule has 0 spiro atoms. The molecule has 1 aromatic heterocycles. The van der Waals surface area contributed by atoms with Crippen LogP contribution in [0.1, 0.15) is 29.8 Å². The number of fused-ring (bicyclic) bond motifs is 1. The van der Waals surface area contributed by atoms with Crippen molar-refractivity contribution in [2.24, 2.45) is 5.92 Å². The number of aromatic amines is 1. The third kappa shape index (κ3) is 2.90. The Bertz CT molecular complexity index is 920. The number of pyridine rings is 1. The summed E-state index contributed by atoms with van der Waals surface area (Å²) in [5, 5.41) is 2.87. The van der Waals surface area contributed by atoms with Crippen LogP contribution in [0.15, 0.2) is 23.1 Å². The molecule has 132 valence electrons. The topological polar surface area (TPSA) is 82.3 Å². The highest BCUT2D eigenvalue weighted by Gasteiger charge is 2.36. The van der Waals surface area contributed by atoms with E-state index in [1.54, 1.807) is 6.92 Å². The number of rotatable bonds is 2. The molecule has 0 unspecified atom stereocenters. The van der Waals surface area contributed by atoms with Crippen LogP contribution < -0.4 is 10.7 Å². The lowest BCUT2D eigenvalue weighted by molar-refractivity contribution is -0.129. The number of halogens is 1. The van der Waals surface area contributed by atoms with Crippen LogP contribution in [0.2, 0.25) is 0 Å². The van der Waals surface area contributed by atoms with Gasteiger partial charge in [0.05, 0.1) is 5.52 Å². The fourth-order valence-electron chi connectivity index (χ4n) is 3.36. The van der Waals surface area contributed by atoms with Crippen molar-refractivity contribution in [1.29, 1.82) is 0 Å². The number of carbonyl (C=O) groups excluding carboxylic acids is 2. The van der Waals surface area contributed by atoms with Gasteiger partial charge in [0.2, 0.25) is 11.3 Å². The van der Waals surface area contributed by atoms with E-state index < -0.39 is 23.2 Å². The maximum Gasteiger partial charge on any atom is 0.260 e. The van der Waals surface area contributed by atoms with Gasteiger partial charge in [-0.1, -0.05) is 13.8 Å². The van der Waals surface area contributed by atoms with Crippen LogP contribution >= 0.6 is 0 Å². The second-order valence-corrected chi connectivity index (χ2v) is 6.66. The monoisotopic (exact) mass is 345 g/mol. The van der Waals surface area contributed by atoms with Gasteiger partial charge in [-0.3, -0.25) is 14.4 Å². The lowest BCUT2D eigenvalue weighted by Crippen LogP contribution is -2.59. The van der Waals surface area contributed by atoms with Crippen LogP contribution in [0.3, 0.4) is 0 Å². The van der Waals surface area contributed by atoms with E-state index in [0.29, 0.717) is 24.2 Å². The van der Waals surface area contributed by atoms with Crippen LogP contribution in [0.25, 0.3) is 10.9 Å². The third-order valence-electron chi connectivity index (χ3n) is 4.53. The number of amides is 2. The van der Waals surface area contributed by atoms with Gasteiger partial charge in [0.25, 0.3) is 5.91 Å². The molecule has 2 aromatic rings. The molecule has 1 fully saturated rings. The first-order valence-electron chi connectivity index (χ1n) is 8.21. The zero-order valence-electron chi connectivity index (χ0n) is 14.4. The smallest absolute Gasteiger partial charge is 0.260 e. The summed E-state index contributed by atoms with van der Waals surface area (Å²) < 4.78 is 13.7. The van der Waals surface area contributed by atoms with Gasteiger partial charge in [-0.2, -0.15) is 0 Å². The van der Waals surface area contributed by atoms with Crippen molar-refractivity contribution in [1.82, 2.24) is 15.2 Å². The van der Waals surface area contributed by atoms with Gasteiger partial charge in [0.15, 0.2) is 0 Å². The summed E-state index contributed by atoms with van der Waals surface area (Å²) in [7, 11) is 0. The minimum Gasteiger partial charge on any atom is -0.360 e. The van der Waals surface area contributed by atoms with E-state index in [1.807, 2.05) is 13.8 Å². The number of piperazine rings is 1. The zero-order valence-corrected chi connectivity index (χ0v) is 14.4. The largest absolute Gasteiger partial charge is 0.360 e. The molecule has 0 radical (unpaired) electrons. The van der Waals surface area contributed by atoms with E-state index in [-0.39, 0.29) is 22.8 Å². The van der Waals surface area contributed by atoms with Crippen molar-refractivity contribution >= 4 is 22.7 Å². The van der Waals surface area contributed by atoms with Crippen molar-refractivity contribution in [2.45, 2.75) is 26.8 Å². The molecule has 1 atom stereocenters. The van der Waals surface area contributed by atoms with Crippen LogP contribution in [-0.2, 0) is 4.79 Å². The zero-order chi connectivity index (χ0) is 18.3. The molecule has 2 heterocycles. The molecule has 0 bridgehead atoms. The van der Waals surface area contributed by atoms with Gasteiger partial charge in [0.1, 0.15) is 17.4 Å². The van der Waals surface area contributed by atoms with E-state index in [1.165, 1.54) is 17.2 Å². The summed E-state index contributed by atoms with van der Waals surface area (Å²) >= 11 is 0. The standard InChI is InChI=1S/C18H20FN3O3/c1-9(2)15-17(24)20-4-5-22(15)18(25)13-8-21-14-10(3)6-11(19)7-12(14)16(13)23/h6-9,15H,4-5H2,1-3H3,(H,20,24)(H,21,23)/t15-/m1/s1. The molecule has 0 saturated carbocycles. The lowest BCUT2D eigenvalue weighted by Gasteiger charge is -2.37. The summed E-state index contributed by atoms with van der Waals surface area (Å²) in [4.78, 5) is 42.1. The number of benzene rings is 1. The number of hydrogen-bond acceptors (Lipinski definition) is 3. The van der Waals surface area contributed by atoms with Gasteiger partial charge >= 0.3 is 0 Å². The second-order valence-electron chi connectivity index (χ2n) is 6.66. The Morgan fingerprint density at radius 1 is 1.32 bits per heavy atom. The van der Waals surface area contributed by atoms with Crippen molar-refractivity contribution in [3.05, 3.63) is 45.5 Å². The average Bonchev–Trinajstić information content (AvgIpc) is 2.54. The van der Waals surface area contributed by atoms with Crippen molar-refractivity contribution in [3.63, 3.8) is 0 Å². The van der Waals surface area contributed by atoms with Gasteiger partial charge in [-0.15, -0.1) is 0 Å². The predicted molar refractivity (Wildman–Crippen MR) is 91.9 cm³/mol. The van der Waals surface area contributed by atoms with E-state index in [0.717, 1.165) is 6.07 Å². The van der Waals surface area contributed by atoms with Gasteiger partial charge < -0.3 is 15.2 Å². The fraction of sp³-hybridized carbons (Fsp3) is 0.389. The van der Waals surface area contributed by atoms with E-state index in [9.17, 15) is 18.8 Å². The number of carbonyl (C=O) groups is 2. The number of nitrogens with zero attached hydrogens (tertiary/aromatic N) is 1. The molecule has 1 aliphatic rings. The molecule has 7 heteroatoms.